The molecule has 0 saturated carbocycles. The number of hydrogen-bond acceptors (Lipinski definition) is 6. The van der Waals surface area contributed by atoms with Crippen LogP contribution >= 0.6 is 23.1 Å². The first-order valence-electron chi connectivity index (χ1n) is 9.48. The summed E-state index contributed by atoms with van der Waals surface area (Å²) in [5.74, 6) is -0.734. The van der Waals surface area contributed by atoms with Crippen LogP contribution in [0.4, 0.5) is 5.69 Å². The molecular formula is C22H18N2O4S2. The maximum atomic E-state index is 13.8. The van der Waals surface area contributed by atoms with Crippen molar-refractivity contribution in [3.05, 3.63) is 74.2 Å². The number of thioether (sulfide) groups is 1. The number of benzene rings is 2. The highest BCUT2D eigenvalue weighted by Crippen LogP contribution is 2.58. The van der Waals surface area contributed by atoms with Crippen molar-refractivity contribution in [2.45, 2.75) is 24.3 Å². The molecule has 1 aromatic heterocycles. The first-order chi connectivity index (χ1) is 14.4. The van der Waals surface area contributed by atoms with E-state index in [1.165, 1.54) is 16.7 Å². The van der Waals surface area contributed by atoms with Crippen molar-refractivity contribution >= 4 is 40.6 Å². The van der Waals surface area contributed by atoms with E-state index < -0.39 is 11.3 Å². The predicted octanol–water partition coefficient (Wildman–Crippen LogP) is 3.64. The Bertz CT molecular complexity index is 1250. The number of imide groups is 1. The maximum absolute atomic E-state index is 13.8. The standard InChI is InChI=1S/C22H18N2O4S2/c1-12-5-4-6-13(9-12)24-16(26)10-22(20(24)27)11-29-19-18(30-21(28)23-19)17(22)14-7-2-3-8-15(14)25/h2-9,17,25H,10-11H2,1H3,(H,23,28)/t17-,22+/m1/s1. The minimum atomic E-state index is -1.07. The molecule has 0 aliphatic carbocycles. The molecule has 8 heteroatoms. The third-order valence-electron chi connectivity index (χ3n) is 5.78. The molecule has 5 rings (SSSR count). The van der Waals surface area contributed by atoms with Gasteiger partial charge in [-0.1, -0.05) is 41.7 Å². The van der Waals surface area contributed by atoms with E-state index in [1.807, 2.05) is 25.1 Å². The van der Waals surface area contributed by atoms with Crippen LogP contribution in [0, 0.1) is 12.3 Å². The number of para-hydroxylation sites is 1. The smallest absolute Gasteiger partial charge is 0.305 e. The van der Waals surface area contributed by atoms with Gasteiger partial charge in [0, 0.05) is 28.5 Å². The molecule has 1 fully saturated rings. The van der Waals surface area contributed by atoms with Crippen LogP contribution in [0.25, 0.3) is 0 Å². The zero-order valence-electron chi connectivity index (χ0n) is 16.0. The molecule has 0 unspecified atom stereocenters. The first-order valence-corrected chi connectivity index (χ1v) is 11.3. The van der Waals surface area contributed by atoms with E-state index in [0.29, 0.717) is 26.9 Å². The normalized spacial score (nSPS) is 23.2. The van der Waals surface area contributed by atoms with E-state index in [2.05, 4.69) is 4.98 Å². The Hall–Kier alpha value is -2.84. The summed E-state index contributed by atoms with van der Waals surface area (Å²) in [5.41, 5.74) is 0.996. The van der Waals surface area contributed by atoms with Gasteiger partial charge >= 0.3 is 4.87 Å². The van der Waals surface area contributed by atoms with E-state index in [0.717, 1.165) is 16.9 Å². The quantitative estimate of drug-likeness (QED) is 0.596. The summed E-state index contributed by atoms with van der Waals surface area (Å²) in [4.78, 5) is 43.7. The number of aromatic nitrogens is 1. The molecule has 0 radical (unpaired) electrons. The lowest BCUT2D eigenvalue weighted by atomic mass is 9.70. The number of nitrogens with one attached hydrogen (secondary N) is 1. The number of phenols is 1. The van der Waals surface area contributed by atoms with Crippen LogP contribution in [0.3, 0.4) is 0 Å². The van der Waals surface area contributed by atoms with Crippen molar-refractivity contribution in [1.82, 2.24) is 4.98 Å². The van der Waals surface area contributed by atoms with Gasteiger partial charge in [0.1, 0.15) is 5.75 Å². The Morgan fingerprint density at radius 1 is 1.13 bits per heavy atom. The highest BCUT2D eigenvalue weighted by Gasteiger charge is 2.60. The van der Waals surface area contributed by atoms with Crippen molar-refractivity contribution < 1.29 is 14.7 Å². The number of anilines is 1. The van der Waals surface area contributed by atoms with Crippen molar-refractivity contribution in [1.29, 1.82) is 0 Å². The fraction of sp³-hybridized carbons (Fsp3) is 0.227. The summed E-state index contributed by atoms with van der Waals surface area (Å²) < 4.78 is 0. The second-order valence-electron chi connectivity index (χ2n) is 7.69. The van der Waals surface area contributed by atoms with Gasteiger partial charge in [-0.05, 0) is 30.7 Å². The predicted molar refractivity (Wildman–Crippen MR) is 116 cm³/mol. The van der Waals surface area contributed by atoms with E-state index in [1.54, 1.807) is 30.3 Å². The first kappa shape index (κ1) is 19.1. The van der Waals surface area contributed by atoms with Crippen LogP contribution in [-0.4, -0.2) is 27.7 Å². The number of phenolic OH excluding ortho intramolecular Hbond substituents is 1. The van der Waals surface area contributed by atoms with Gasteiger partial charge in [0.15, 0.2) is 0 Å². The summed E-state index contributed by atoms with van der Waals surface area (Å²) in [5, 5.41) is 11.3. The minimum absolute atomic E-state index is 0.0251. The van der Waals surface area contributed by atoms with Gasteiger partial charge in [-0.2, -0.15) is 0 Å². The third-order valence-corrected chi connectivity index (χ3v) is 8.13. The number of aromatic amines is 1. The molecule has 2 N–H and O–H groups in total. The number of amides is 2. The molecule has 2 aromatic carbocycles. The molecule has 152 valence electrons. The maximum Gasteiger partial charge on any atom is 0.305 e. The summed E-state index contributed by atoms with van der Waals surface area (Å²) >= 11 is 2.43. The number of hydrogen-bond donors (Lipinski definition) is 2. The van der Waals surface area contributed by atoms with Gasteiger partial charge in [0.05, 0.1) is 16.1 Å². The average Bonchev–Trinajstić information content (AvgIpc) is 3.19. The number of carbonyl (C=O) groups excluding carboxylic acids is 2. The molecule has 1 saturated heterocycles. The monoisotopic (exact) mass is 438 g/mol. The zero-order chi connectivity index (χ0) is 21.0. The van der Waals surface area contributed by atoms with Gasteiger partial charge in [-0.3, -0.25) is 14.4 Å². The molecule has 2 amide bonds. The van der Waals surface area contributed by atoms with Gasteiger partial charge < -0.3 is 10.1 Å². The molecule has 0 bridgehead atoms. The van der Waals surface area contributed by atoms with Crippen molar-refractivity contribution in [3.63, 3.8) is 0 Å². The van der Waals surface area contributed by atoms with Crippen LogP contribution in [-0.2, 0) is 9.59 Å². The Kier molecular flexibility index (Phi) is 4.37. The molecule has 30 heavy (non-hydrogen) atoms. The number of H-pyrrole nitrogens is 1. The van der Waals surface area contributed by atoms with Gasteiger partial charge in [0.2, 0.25) is 11.8 Å². The Labute approximate surface area is 180 Å². The minimum Gasteiger partial charge on any atom is -0.508 e. The Balaban J connectivity index is 1.70. The Morgan fingerprint density at radius 3 is 2.70 bits per heavy atom. The second kappa shape index (κ2) is 6.85. The van der Waals surface area contributed by atoms with Gasteiger partial charge in [0.25, 0.3) is 0 Å². The lowest BCUT2D eigenvalue weighted by Gasteiger charge is -2.38. The van der Waals surface area contributed by atoms with Crippen molar-refractivity contribution in [2.75, 3.05) is 10.7 Å². The fourth-order valence-electron chi connectivity index (χ4n) is 4.46. The molecule has 6 nitrogen and oxygen atoms in total. The van der Waals surface area contributed by atoms with Crippen molar-refractivity contribution in [3.8, 4) is 5.75 Å². The number of aromatic hydroxyl groups is 1. The number of aryl methyl sites for hydroxylation is 1. The van der Waals surface area contributed by atoms with Gasteiger partial charge in [-0.25, -0.2) is 4.90 Å². The van der Waals surface area contributed by atoms with E-state index in [4.69, 9.17) is 0 Å². The number of nitrogens with zero attached hydrogens (tertiary/aromatic N) is 1. The van der Waals surface area contributed by atoms with Crippen LogP contribution in [0.15, 0.2) is 58.4 Å². The molecule has 1 spiro atoms. The van der Waals surface area contributed by atoms with Crippen molar-refractivity contribution in [2.24, 2.45) is 5.41 Å². The topological polar surface area (TPSA) is 90.5 Å². The molecule has 2 aliphatic heterocycles. The molecule has 2 aliphatic rings. The highest BCUT2D eigenvalue weighted by atomic mass is 32.2. The number of carbonyl (C=O) groups is 2. The van der Waals surface area contributed by atoms with E-state index in [9.17, 15) is 19.5 Å². The second-order valence-corrected chi connectivity index (χ2v) is 9.69. The van der Waals surface area contributed by atoms with Crippen LogP contribution in [0.2, 0.25) is 0 Å². The zero-order valence-corrected chi connectivity index (χ0v) is 17.7. The average molecular weight is 439 g/mol. The molecule has 2 atom stereocenters. The Morgan fingerprint density at radius 2 is 1.93 bits per heavy atom. The SMILES string of the molecule is Cc1cccc(N2C(=O)C[C@@]3(CSc4[nH]c(=O)sc4[C@H]3c3ccccc3O)C2=O)c1. The summed E-state index contributed by atoms with van der Waals surface area (Å²) in [7, 11) is 0. The lowest BCUT2D eigenvalue weighted by Crippen LogP contribution is -2.43. The van der Waals surface area contributed by atoms with Crippen LogP contribution in [0.1, 0.15) is 28.3 Å². The number of fused-ring (bicyclic) bond motifs is 1. The lowest BCUT2D eigenvalue weighted by molar-refractivity contribution is -0.125. The summed E-state index contributed by atoms with van der Waals surface area (Å²) in [6.45, 7) is 1.91. The fourth-order valence-corrected chi connectivity index (χ4v) is 7.01. The van der Waals surface area contributed by atoms with Crippen LogP contribution < -0.4 is 9.77 Å². The highest BCUT2D eigenvalue weighted by molar-refractivity contribution is 7.99. The van der Waals surface area contributed by atoms with E-state index >= 15 is 0 Å². The largest absolute Gasteiger partial charge is 0.508 e. The summed E-state index contributed by atoms with van der Waals surface area (Å²) in [6, 6.07) is 14.1. The van der Waals surface area contributed by atoms with E-state index in [-0.39, 0.29) is 28.9 Å². The number of rotatable bonds is 2. The third kappa shape index (κ3) is 2.74. The summed E-state index contributed by atoms with van der Waals surface area (Å²) in [6.07, 6.45) is 0.0251. The molecule has 3 heterocycles. The number of thiazole rings is 1. The van der Waals surface area contributed by atoms with Gasteiger partial charge in [-0.15, -0.1) is 11.8 Å². The molecule has 3 aromatic rings. The molecular weight excluding hydrogens is 420 g/mol. The van der Waals surface area contributed by atoms with Crippen LogP contribution in [0.5, 0.6) is 5.75 Å².